The molecule has 19 heavy (non-hydrogen) atoms. The van der Waals surface area contributed by atoms with Crippen molar-refractivity contribution in [3.8, 4) is 17.2 Å². The lowest BCUT2D eigenvalue weighted by molar-refractivity contribution is -0.143. The Morgan fingerprint density at radius 1 is 1.00 bits per heavy atom. The average Bonchev–Trinajstić information content (AvgIpc) is 3.26. The third kappa shape index (κ3) is 2.09. The van der Waals surface area contributed by atoms with E-state index in [2.05, 4.69) is 0 Å². The van der Waals surface area contributed by atoms with Gasteiger partial charge in [-0.25, -0.2) is 0 Å². The molecule has 0 spiro atoms. The van der Waals surface area contributed by atoms with Crippen LogP contribution in [0.2, 0.25) is 0 Å². The Kier molecular flexibility index (Phi) is 3.55. The molecule has 2 rings (SSSR count). The van der Waals surface area contributed by atoms with Crippen molar-refractivity contribution in [2.24, 2.45) is 0 Å². The summed E-state index contributed by atoms with van der Waals surface area (Å²) in [6.45, 7) is 0. The fourth-order valence-electron chi connectivity index (χ4n) is 2.29. The van der Waals surface area contributed by atoms with Gasteiger partial charge in [0.05, 0.1) is 33.9 Å². The van der Waals surface area contributed by atoms with Crippen LogP contribution in [0.15, 0.2) is 12.1 Å². The standard InChI is InChI=1S/C14H18O5/c1-16-10-7-9(8-11(17-2)12(10)18-3)14(5-6-14)13(15)19-4/h7-8H,5-6H2,1-4H3. The maximum Gasteiger partial charge on any atom is 0.316 e. The van der Waals surface area contributed by atoms with E-state index in [0.717, 1.165) is 18.4 Å². The minimum atomic E-state index is -0.554. The number of carbonyl (C=O) groups excluding carboxylic acids is 1. The summed E-state index contributed by atoms with van der Waals surface area (Å²) in [6, 6.07) is 3.62. The molecule has 5 heteroatoms. The SMILES string of the molecule is COC(=O)C1(c2cc(OC)c(OC)c(OC)c2)CC1. The molecule has 1 aliphatic rings. The second-order valence-electron chi connectivity index (χ2n) is 4.49. The maximum absolute atomic E-state index is 11.9. The number of ether oxygens (including phenoxy) is 4. The highest BCUT2D eigenvalue weighted by molar-refractivity contribution is 5.87. The monoisotopic (exact) mass is 266 g/mol. The molecule has 1 saturated carbocycles. The van der Waals surface area contributed by atoms with E-state index in [4.69, 9.17) is 18.9 Å². The molecule has 0 N–H and O–H groups in total. The number of rotatable bonds is 5. The first-order chi connectivity index (χ1) is 9.12. The van der Waals surface area contributed by atoms with E-state index in [0.29, 0.717) is 17.2 Å². The number of methoxy groups -OCH3 is 4. The Bertz CT molecular complexity index is 466. The molecular formula is C14H18O5. The average molecular weight is 266 g/mol. The summed E-state index contributed by atoms with van der Waals surface area (Å²) in [5.74, 6) is 1.40. The van der Waals surface area contributed by atoms with E-state index in [1.165, 1.54) is 7.11 Å². The molecule has 0 aromatic heterocycles. The third-order valence-electron chi connectivity index (χ3n) is 3.54. The quantitative estimate of drug-likeness (QED) is 0.762. The summed E-state index contributed by atoms with van der Waals surface area (Å²) >= 11 is 0. The molecule has 0 amide bonds. The second kappa shape index (κ2) is 4.99. The van der Waals surface area contributed by atoms with Gasteiger partial charge in [0.15, 0.2) is 11.5 Å². The number of hydrogen-bond donors (Lipinski definition) is 0. The Balaban J connectivity index is 2.51. The minimum Gasteiger partial charge on any atom is -0.493 e. The maximum atomic E-state index is 11.9. The Morgan fingerprint density at radius 3 is 1.84 bits per heavy atom. The minimum absolute atomic E-state index is 0.221. The van der Waals surface area contributed by atoms with Crippen LogP contribution in [-0.4, -0.2) is 34.4 Å². The molecule has 0 heterocycles. The molecule has 0 unspecified atom stereocenters. The van der Waals surface area contributed by atoms with E-state index < -0.39 is 5.41 Å². The van der Waals surface area contributed by atoms with Crippen molar-refractivity contribution in [1.82, 2.24) is 0 Å². The normalized spacial score (nSPS) is 15.6. The topological polar surface area (TPSA) is 54.0 Å². The van der Waals surface area contributed by atoms with Crippen LogP contribution in [-0.2, 0) is 14.9 Å². The molecule has 104 valence electrons. The van der Waals surface area contributed by atoms with Crippen molar-refractivity contribution in [2.45, 2.75) is 18.3 Å². The van der Waals surface area contributed by atoms with Crippen LogP contribution in [0.4, 0.5) is 0 Å². The molecule has 0 atom stereocenters. The van der Waals surface area contributed by atoms with Gasteiger partial charge in [0.2, 0.25) is 5.75 Å². The summed E-state index contributed by atoms with van der Waals surface area (Å²) in [7, 11) is 6.06. The zero-order valence-corrected chi connectivity index (χ0v) is 11.6. The van der Waals surface area contributed by atoms with Gasteiger partial charge in [0.1, 0.15) is 0 Å². The Morgan fingerprint density at radius 2 is 1.53 bits per heavy atom. The molecule has 0 bridgehead atoms. The van der Waals surface area contributed by atoms with Crippen LogP contribution in [0.25, 0.3) is 0 Å². The highest BCUT2D eigenvalue weighted by Crippen LogP contribution is 2.52. The highest BCUT2D eigenvalue weighted by atomic mass is 16.5. The van der Waals surface area contributed by atoms with Crippen LogP contribution in [0.1, 0.15) is 18.4 Å². The summed E-state index contributed by atoms with van der Waals surface area (Å²) in [5.41, 5.74) is 0.288. The Labute approximate surface area is 112 Å². The molecule has 0 radical (unpaired) electrons. The van der Waals surface area contributed by atoms with Gasteiger partial charge in [0, 0.05) is 0 Å². The smallest absolute Gasteiger partial charge is 0.316 e. The van der Waals surface area contributed by atoms with Gasteiger partial charge in [0.25, 0.3) is 0 Å². The van der Waals surface area contributed by atoms with Gasteiger partial charge in [-0.05, 0) is 30.5 Å². The van der Waals surface area contributed by atoms with E-state index in [-0.39, 0.29) is 5.97 Å². The fraction of sp³-hybridized carbons (Fsp3) is 0.500. The van der Waals surface area contributed by atoms with Crippen molar-refractivity contribution in [1.29, 1.82) is 0 Å². The number of benzene rings is 1. The van der Waals surface area contributed by atoms with Crippen molar-refractivity contribution < 1.29 is 23.7 Å². The lowest BCUT2D eigenvalue weighted by Gasteiger charge is -2.18. The van der Waals surface area contributed by atoms with Crippen molar-refractivity contribution in [2.75, 3.05) is 28.4 Å². The highest BCUT2D eigenvalue weighted by Gasteiger charge is 2.53. The molecule has 1 aliphatic carbocycles. The predicted octanol–water partition coefficient (Wildman–Crippen LogP) is 1.92. The van der Waals surface area contributed by atoms with Crippen LogP contribution in [0.3, 0.4) is 0 Å². The molecule has 0 saturated heterocycles. The van der Waals surface area contributed by atoms with Crippen molar-refractivity contribution in [3.63, 3.8) is 0 Å². The van der Waals surface area contributed by atoms with Gasteiger partial charge in [-0.1, -0.05) is 0 Å². The van der Waals surface area contributed by atoms with Crippen LogP contribution in [0, 0.1) is 0 Å². The molecule has 0 aliphatic heterocycles. The first kappa shape index (κ1) is 13.5. The lowest BCUT2D eigenvalue weighted by atomic mass is 9.95. The van der Waals surface area contributed by atoms with E-state index in [1.54, 1.807) is 21.3 Å². The molecular weight excluding hydrogens is 248 g/mol. The van der Waals surface area contributed by atoms with Crippen LogP contribution >= 0.6 is 0 Å². The first-order valence-electron chi connectivity index (χ1n) is 6.02. The van der Waals surface area contributed by atoms with Crippen LogP contribution in [0.5, 0.6) is 17.2 Å². The van der Waals surface area contributed by atoms with Gasteiger partial charge in [-0.2, -0.15) is 0 Å². The molecule has 1 aromatic carbocycles. The van der Waals surface area contributed by atoms with Crippen LogP contribution < -0.4 is 14.2 Å². The fourth-order valence-corrected chi connectivity index (χ4v) is 2.29. The zero-order valence-electron chi connectivity index (χ0n) is 11.6. The molecule has 1 fully saturated rings. The molecule has 1 aromatic rings. The molecule has 5 nitrogen and oxygen atoms in total. The van der Waals surface area contributed by atoms with Crippen molar-refractivity contribution >= 4 is 5.97 Å². The Hall–Kier alpha value is -1.91. The lowest BCUT2D eigenvalue weighted by Crippen LogP contribution is -2.22. The van der Waals surface area contributed by atoms with E-state index in [1.807, 2.05) is 12.1 Å². The van der Waals surface area contributed by atoms with Gasteiger partial charge in [-0.3, -0.25) is 4.79 Å². The summed E-state index contributed by atoms with van der Waals surface area (Å²) in [5, 5.41) is 0. The van der Waals surface area contributed by atoms with E-state index in [9.17, 15) is 4.79 Å². The summed E-state index contributed by atoms with van der Waals surface area (Å²) in [6.07, 6.45) is 1.55. The zero-order chi connectivity index (χ0) is 14.0. The number of esters is 1. The second-order valence-corrected chi connectivity index (χ2v) is 4.49. The first-order valence-corrected chi connectivity index (χ1v) is 6.02. The van der Waals surface area contributed by atoms with E-state index >= 15 is 0 Å². The summed E-state index contributed by atoms with van der Waals surface area (Å²) < 4.78 is 20.7. The van der Waals surface area contributed by atoms with Gasteiger partial charge >= 0.3 is 5.97 Å². The number of hydrogen-bond acceptors (Lipinski definition) is 5. The third-order valence-corrected chi connectivity index (χ3v) is 3.54. The summed E-state index contributed by atoms with van der Waals surface area (Å²) in [4.78, 5) is 11.9. The largest absolute Gasteiger partial charge is 0.493 e. The van der Waals surface area contributed by atoms with Gasteiger partial charge < -0.3 is 18.9 Å². The predicted molar refractivity (Wildman–Crippen MR) is 69.0 cm³/mol. The van der Waals surface area contributed by atoms with Gasteiger partial charge in [-0.15, -0.1) is 0 Å². The van der Waals surface area contributed by atoms with Crippen molar-refractivity contribution in [3.05, 3.63) is 17.7 Å². The number of carbonyl (C=O) groups is 1.